The number of rotatable bonds is 10. The molecule has 0 atom stereocenters. The molecular formula is C28H29N5O3. The van der Waals surface area contributed by atoms with Gasteiger partial charge in [0.05, 0.1) is 24.6 Å². The summed E-state index contributed by atoms with van der Waals surface area (Å²) in [5.74, 6) is 0.157. The SMILES string of the molecule is COC(=O)CCNC(=O)c1ccc2c(c1)nc(-c1ccc(C(=N)N)cc1)n2CCCc1ccccc1. The smallest absolute Gasteiger partial charge is 0.307 e. The molecule has 0 fully saturated rings. The van der Waals surface area contributed by atoms with Gasteiger partial charge in [0.25, 0.3) is 5.91 Å². The Balaban J connectivity index is 1.62. The number of esters is 1. The molecule has 0 unspecified atom stereocenters. The first-order chi connectivity index (χ1) is 17.5. The molecule has 1 aromatic heterocycles. The van der Waals surface area contributed by atoms with Crippen molar-refractivity contribution in [2.45, 2.75) is 25.8 Å². The summed E-state index contributed by atoms with van der Waals surface area (Å²) in [5, 5.41) is 10.4. The van der Waals surface area contributed by atoms with Crippen LogP contribution in [-0.4, -0.2) is 40.9 Å². The summed E-state index contributed by atoms with van der Waals surface area (Å²) >= 11 is 0. The van der Waals surface area contributed by atoms with Crippen LogP contribution < -0.4 is 11.1 Å². The average molecular weight is 484 g/mol. The van der Waals surface area contributed by atoms with Gasteiger partial charge in [0, 0.05) is 29.8 Å². The zero-order valence-corrected chi connectivity index (χ0v) is 20.2. The third-order valence-corrected chi connectivity index (χ3v) is 6.00. The number of hydrogen-bond donors (Lipinski definition) is 3. The van der Waals surface area contributed by atoms with Crippen LogP contribution in [-0.2, 0) is 22.5 Å². The standard InChI is InChI=1S/C28H29N5O3/c1-36-25(34)15-16-31-28(35)22-13-14-24-23(18-22)32-27(21-11-9-20(10-12-21)26(29)30)33(24)17-5-8-19-6-3-2-4-7-19/h2-4,6-7,9-14,18H,5,8,15-17H2,1H3,(H3,29,30)(H,31,35). The quantitative estimate of drug-likeness (QED) is 0.179. The molecule has 0 aliphatic rings. The summed E-state index contributed by atoms with van der Waals surface area (Å²) in [6.45, 7) is 0.949. The fraction of sp³-hybridized carbons (Fsp3) is 0.214. The molecule has 0 radical (unpaired) electrons. The van der Waals surface area contributed by atoms with Gasteiger partial charge in [0.1, 0.15) is 11.7 Å². The molecule has 0 bridgehead atoms. The third-order valence-electron chi connectivity index (χ3n) is 6.00. The summed E-state index contributed by atoms with van der Waals surface area (Å²) in [5.41, 5.74) is 10.6. The second-order valence-corrected chi connectivity index (χ2v) is 8.45. The minimum absolute atomic E-state index is 0.0146. The number of ether oxygens (including phenoxy) is 1. The number of aromatic nitrogens is 2. The van der Waals surface area contributed by atoms with E-state index in [1.807, 2.05) is 48.5 Å². The Morgan fingerprint density at radius 2 is 1.75 bits per heavy atom. The van der Waals surface area contributed by atoms with Gasteiger partial charge in [-0.2, -0.15) is 0 Å². The van der Waals surface area contributed by atoms with Gasteiger partial charge in [-0.3, -0.25) is 15.0 Å². The van der Waals surface area contributed by atoms with Crippen molar-refractivity contribution in [2.75, 3.05) is 13.7 Å². The Morgan fingerprint density at radius 1 is 1.03 bits per heavy atom. The number of amides is 1. The maximum Gasteiger partial charge on any atom is 0.307 e. The molecule has 4 N–H and O–H groups in total. The Bertz CT molecular complexity index is 1380. The highest BCUT2D eigenvalue weighted by atomic mass is 16.5. The van der Waals surface area contributed by atoms with E-state index in [-0.39, 0.29) is 30.7 Å². The molecule has 0 saturated carbocycles. The van der Waals surface area contributed by atoms with Gasteiger partial charge in [-0.1, -0.05) is 54.6 Å². The highest BCUT2D eigenvalue weighted by molar-refractivity contribution is 5.98. The lowest BCUT2D eigenvalue weighted by atomic mass is 10.1. The number of benzene rings is 3. The van der Waals surface area contributed by atoms with Crippen molar-refractivity contribution in [2.24, 2.45) is 5.73 Å². The second kappa shape index (κ2) is 11.3. The summed E-state index contributed by atoms with van der Waals surface area (Å²) in [6.07, 6.45) is 1.97. The van der Waals surface area contributed by atoms with Gasteiger partial charge in [0.2, 0.25) is 0 Å². The van der Waals surface area contributed by atoms with Gasteiger partial charge < -0.3 is 20.4 Å². The summed E-state index contributed by atoms with van der Waals surface area (Å²) < 4.78 is 6.78. The second-order valence-electron chi connectivity index (χ2n) is 8.45. The van der Waals surface area contributed by atoms with Crippen molar-refractivity contribution in [3.8, 4) is 11.4 Å². The van der Waals surface area contributed by atoms with E-state index in [1.165, 1.54) is 12.7 Å². The number of aryl methyl sites for hydroxylation is 2. The number of amidine groups is 1. The molecule has 0 aliphatic carbocycles. The lowest BCUT2D eigenvalue weighted by Gasteiger charge is -2.10. The Kier molecular flexibility index (Phi) is 7.75. The first-order valence-electron chi connectivity index (χ1n) is 11.8. The predicted octanol–water partition coefficient (Wildman–Crippen LogP) is 3.91. The lowest BCUT2D eigenvalue weighted by Crippen LogP contribution is -2.26. The normalized spacial score (nSPS) is 10.8. The Morgan fingerprint density at radius 3 is 2.44 bits per heavy atom. The van der Waals surface area contributed by atoms with Crippen LogP contribution in [0.2, 0.25) is 0 Å². The number of fused-ring (bicyclic) bond motifs is 1. The van der Waals surface area contributed by atoms with E-state index in [0.717, 1.165) is 36.3 Å². The third kappa shape index (κ3) is 5.78. The van der Waals surface area contributed by atoms with Gasteiger partial charge in [0.15, 0.2) is 0 Å². The summed E-state index contributed by atoms with van der Waals surface area (Å²) in [4.78, 5) is 28.8. The largest absolute Gasteiger partial charge is 0.469 e. The number of methoxy groups -OCH3 is 1. The highest BCUT2D eigenvalue weighted by Gasteiger charge is 2.16. The van der Waals surface area contributed by atoms with Crippen molar-refractivity contribution >= 4 is 28.7 Å². The molecule has 8 nitrogen and oxygen atoms in total. The van der Waals surface area contributed by atoms with Crippen LogP contribution in [0.5, 0.6) is 0 Å². The summed E-state index contributed by atoms with van der Waals surface area (Å²) in [7, 11) is 1.32. The number of hydrogen-bond acceptors (Lipinski definition) is 5. The minimum atomic E-state index is -0.375. The molecule has 36 heavy (non-hydrogen) atoms. The van der Waals surface area contributed by atoms with E-state index in [1.54, 1.807) is 12.1 Å². The van der Waals surface area contributed by atoms with Crippen LogP contribution in [0.4, 0.5) is 0 Å². The number of nitrogens with zero attached hydrogens (tertiary/aromatic N) is 2. The molecule has 1 heterocycles. The zero-order chi connectivity index (χ0) is 25.5. The molecule has 3 aromatic carbocycles. The maximum absolute atomic E-state index is 12.6. The monoisotopic (exact) mass is 483 g/mol. The van der Waals surface area contributed by atoms with Gasteiger partial charge in [-0.05, 0) is 36.6 Å². The van der Waals surface area contributed by atoms with Gasteiger partial charge >= 0.3 is 5.97 Å². The molecule has 184 valence electrons. The maximum atomic E-state index is 12.6. The molecule has 0 saturated heterocycles. The Hall–Kier alpha value is -4.46. The molecule has 1 amide bonds. The van der Waals surface area contributed by atoms with Crippen molar-refractivity contribution in [3.63, 3.8) is 0 Å². The molecule has 8 heteroatoms. The lowest BCUT2D eigenvalue weighted by molar-refractivity contribution is -0.140. The Labute approximate surface area is 209 Å². The van der Waals surface area contributed by atoms with Crippen molar-refractivity contribution < 1.29 is 14.3 Å². The van der Waals surface area contributed by atoms with E-state index in [0.29, 0.717) is 16.6 Å². The van der Waals surface area contributed by atoms with E-state index in [9.17, 15) is 9.59 Å². The number of carbonyl (C=O) groups is 2. The fourth-order valence-electron chi connectivity index (χ4n) is 4.08. The topological polar surface area (TPSA) is 123 Å². The van der Waals surface area contributed by atoms with Crippen LogP contribution >= 0.6 is 0 Å². The minimum Gasteiger partial charge on any atom is -0.469 e. The van der Waals surface area contributed by atoms with Crippen LogP contribution in [0.1, 0.15) is 34.3 Å². The van der Waals surface area contributed by atoms with Crippen LogP contribution in [0, 0.1) is 5.41 Å². The van der Waals surface area contributed by atoms with E-state index < -0.39 is 0 Å². The fourth-order valence-corrected chi connectivity index (χ4v) is 4.08. The molecule has 4 aromatic rings. The number of nitrogens with two attached hydrogens (primary N) is 1. The first kappa shape index (κ1) is 24.7. The van der Waals surface area contributed by atoms with E-state index in [4.69, 9.17) is 16.1 Å². The molecule has 4 rings (SSSR count). The van der Waals surface area contributed by atoms with Crippen LogP contribution in [0.25, 0.3) is 22.4 Å². The average Bonchev–Trinajstić information content (AvgIpc) is 3.26. The number of carbonyl (C=O) groups excluding carboxylic acids is 2. The van der Waals surface area contributed by atoms with Gasteiger partial charge in [-0.15, -0.1) is 0 Å². The molecule has 0 aliphatic heterocycles. The first-order valence-corrected chi connectivity index (χ1v) is 11.8. The van der Waals surface area contributed by atoms with Crippen LogP contribution in [0.3, 0.4) is 0 Å². The van der Waals surface area contributed by atoms with Crippen molar-refractivity contribution in [1.29, 1.82) is 5.41 Å². The molecule has 0 spiro atoms. The number of nitrogens with one attached hydrogen (secondary N) is 2. The highest BCUT2D eigenvalue weighted by Crippen LogP contribution is 2.27. The summed E-state index contributed by atoms with van der Waals surface area (Å²) in [6, 6.07) is 23.2. The molecular weight excluding hydrogens is 454 g/mol. The zero-order valence-electron chi connectivity index (χ0n) is 20.2. The van der Waals surface area contributed by atoms with Crippen LogP contribution in [0.15, 0.2) is 72.8 Å². The number of nitrogen functional groups attached to an aromatic ring is 1. The van der Waals surface area contributed by atoms with E-state index >= 15 is 0 Å². The van der Waals surface area contributed by atoms with E-state index in [2.05, 4.69) is 26.8 Å². The van der Waals surface area contributed by atoms with Gasteiger partial charge in [-0.25, -0.2) is 4.98 Å². The van der Waals surface area contributed by atoms with Crippen molar-refractivity contribution in [1.82, 2.24) is 14.9 Å². The number of imidazole rings is 1. The van der Waals surface area contributed by atoms with Crippen molar-refractivity contribution in [3.05, 3.63) is 89.5 Å². The predicted molar refractivity (Wildman–Crippen MR) is 140 cm³/mol.